The average molecular weight is 318 g/mol. The Morgan fingerprint density at radius 3 is 2.22 bits per heavy atom. The molecule has 18 heavy (non-hydrogen) atoms. The second-order valence-electron chi connectivity index (χ2n) is 7.11. The van der Waals surface area contributed by atoms with E-state index in [2.05, 4.69) is 48.5 Å². The minimum atomic E-state index is 0.511. The summed E-state index contributed by atoms with van der Waals surface area (Å²) in [7, 11) is 0. The predicted octanol–water partition coefficient (Wildman–Crippen LogP) is 5.09. The van der Waals surface area contributed by atoms with Crippen LogP contribution in [0.5, 0.6) is 0 Å². The van der Waals surface area contributed by atoms with Gasteiger partial charge in [-0.2, -0.15) is 0 Å². The molecule has 0 atom stereocenters. The fourth-order valence-corrected chi connectivity index (χ4v) is 4.41. The Hall–Kier alpha value is 0.440. The van der Waals surface area contributed by atoms with Crippen molar-refractivity contribution in [3.05, 3.63) is 0 Å². The van der Waals surface area contributed by atoms with E-state index in [1.54, 1.807) is 0 Å². The van der Waals surface area contributed by atoms with Gasteiger partial charge in [-0.05, 0) is 43.1 Å². The van der Waals surface area contributed by atoms with Crippen LogP contribution in [0.1, 0.15) is 66.2 Å². The van der Waals surface area contributed by atoms with Crippen LogP contribution in [0.3, 0.4) is 0 Å². The molecule has 0 bridgehead atoms. The molecule has 0 amide bonds. The van der Waals surface area contributed by atoms with Gasteiger partial charge in [-0.1, -0.05) is 56.5 Å². The molecule has 1 heterocycles. The molecule has 1 aliphatic rings. The van der Waals surface area contributed by atoms with Crippen molar-refractivity contribution in [2.24, 2.45) is 10.8 Å². The molecule has 1 rings (SSSR count). The molecular weight excluding hydrogens is 286 g/mol. The lowest BCUT2D eigenvalue weighted by molar-refractivity contribution is 0.0693. The summed E-state index contributed by atoms with van der Waals surface area (Å²) >= 11 is 3.80. The lowest BCUT2D eigenvalue weighted by Gasteiger charge is -2.43. The first-order chi connectivity index (χ1) is 8.47. The minimum absolute atomic E-state index is 0.511. The van der Waals surface area contributed by atoms with Gasteiger partial charge in [0.2, 0.25) is 0 Å². The highest BCUT2D eigenvalue weighted by atomic mass is 79.9. The summed E-state index contributed by atoms with van der Waals surface area (Å²) in [4.78, 5) is 2.73. The predicted molar refractivity (Wildman–Crippen MR) is 85.5 cm³/mol. The van der Waals surface area contributed by atoms with Gasteiger partial charge in [0.15, 0.2) is 0 Å². The maximum absolute atomic E-state index is 3.80. The summed E-state index contributed by atoms with van der Waals surface area (Å²) < 4.78 is 0. The van der Waals surface area contributed by atoms with Crippen molar-refractivity contribution in [3.8, 4) is 0 Å². The molecule has 0 spiro atoms. The summed E-state index contributed by atoms with van der Waals surface area (Å²) in [5.74, 6) is 0. The Labute approximate surface area is 123 Å². The van der Waals surface area contributed by atoms with Crippen LogP contribution in [0.15, 0.2) is 0 Å². The maximum atomic E-state index is 3.80. The van der Waals surface area contributed by atoms with E-state index >= 15 is 0 Å². The third kappa shape index (κ3) is 4.85. The number of hydrogen-bond donors (Lipinski definition) is 0. The number of rotatable bonds is 7. The summed E-state index contributed by atoms with van der Waals surface area (Å²) in [5.41, 5.74) is 1.03. The van der Waals surface area contributed by atoms with Gasteiger partial charge in [-0.15, -0.1) is 0 Å². The third-order valence-electron chi connectivity index (χ3n) is 4.38. The van der Waals surface area contributed by atoms with Crippen molar-refractivity contribution in [2.75, 3.05) is 25.0 Å². The van der Waals surface area contributed by atoms with Crippen LogP contribution in [0.25, 0.3) is 0 Å². The largest absolute Gasteiger partial charge is 0.302 e. The molecule has 0 aliphatic carbocycles. The first-order valence-electron chi connectivity index (χ1n) is 7.75. The van der Waals surface area contributed by atoms with E-state index in [0.717, 1.165) is 0 Å². The zero-order valence-corrected chi connectivity index (χ0v) is 14.5. The van der Waals surface area contributed by atoms with Crippen LogP contribution in [-0.4, -0.2) is 29.9 Å². The molecule has 0 radical (unpaired) electrons. The first kappa shape index (κ1) is 16.5. The number of nitrogens with zero attached hydrogens (tertiary/aromatic N) is 1. The number of alkyl halides is 1. The molecule has 1 fully saturated rings. The summed E-state index contributed by atoms with van der Waals surface area (Å²) in [6.07, 6.45) is 8.12. The van der Waals surface area contributed by atoms with Crippen LogP contribution in [0.4, 0.5) is 0 Å². The number of hydrogen-bond acceptors (Lipinski definition) is 1. The zero-order chi connectivity index (χ0) is 13.6. The molecule has 2 heteroatoms. The minimum Gasteiger partial charge on any atom is -0.302 e. The molecule has 0 aromatic rings. The van der Waals surface area contributed by atoms with Gasteiger partial charge < -0.3 is 4.90 Å². The monoisotopic (exact) mass is 317 g/mol. The van der Waals surface area contributed by atoms with Crippen LogP contribution in [0.2, 0.25) is 0 Å². The quantitative estimate of drug-likeness (QED) is 0.591. The van der Waals surface area contributed by atoms with Crippen molar-refractivity contribution >= 4 is 15.9 Å². The van der Waals surface area contributed by atoms with Gasteiger partial charge in [0.05, 0.1) is 0 Å². The van der Waals surface area contributed by atoms with E-state index in [1.807, 2.05) is 0 Å². The molecule has 0 saturated carbocycles. The van der Waals surface area contributed by atoms with Crippen molar-refractivity contribution in [3.63, 3.8) is 0 Å². The molecule has 0 unspecified atom stereocenters. The smallest absolute Gasteiger partial charge is 0.0100 e. The number of likely N-dealkylation sites (tertiary alicyclic amines) is 1. The van der Waals surface area contributed by atoms with Crippen molar-refractivity contribution < 1.29 is 0 Å². The Bertz CT molecular complexity index is 231. The molecule has 1 saturated heterocycles. The molecular formula is C16H32BrN. The van der Waals surface area contributed by atoms with Crippen LogP contribution in [0, 0.1) is 10.8 Å². The van der Waals surface area contributed by atoms with Crippen molar-refractivity contribution in [2.45, 2.75) is 66.2 Å². The SMILES string of the molecule is CCCC(CBr)(CCC)CN1CCCC(C)(C)C1. The van der Waals surface area contributed by atoms with E-state index < -0.39 is 0 Å². The van der Waals surface area contributed by atoms with Gasteiger partial charge in [-0.3, -0.25) is 0 Å². The van der Waals surface area contributed by atoms with E-state index in [4.69, 9.17) is 0 Å². The van der Waals surface area contributed by atoms with E-state index in [0.29, 0.717) is 10.8 Å². The van der Waals surface area contributed by atoms with Crippen molar-refractivity contribution in [1.29, 1.82) is 0 Å². The Kier molecular flexibility index (Phi) is 6.67. The van der Waals surface area contributed by atoms with Crippen LogP contribution >= 0.6 is 15.9 Å². The fraction of sp³-hybridized carbons (Fsp3) is 1.00. The van der Waals surface area contributed by atoms with Gasteiger partial charge in [0.25, 0.3) is 0 Å². The topological polar surface area (TPSA) is 3.24 Å². The van der Waals surface area contributed by atoms with E-state index in [1.165, 1.54) is 63.5 Å². The number of halogens is 1. The van der Waals surface area contributed by atoms with E-state index in [-0.39, 0.29) is 0 Å². The molecule has 0 aromatic heterocycles. The second-order valence-corrected chi connectivity index (χ2v) is 7.67. The number of piperidine rings is 1. The maximum Gasteiger partial charge on any atom is 0.0100 e. The van der Waals surface area contributed by atoms with Crippen LogP contribution < -0.4 is 0 Å². The molecule has 0 N–H and O–H groups in total. The van der Waals surface area contributed by atoms with Gasteiger partial charge in [0.1, 0.15) is 0 Å². The first-order valence-corrected chi connectivity index (χ1v) is 8.87. The average Bonchev–Trinajstić information content (AvgIpc) is 2.28. The summed E-state index contributed by atoms with van der Waals surface area (Å²) in [6, 6.07) is 0. The molecule has 0 aromatic carbocycles. The Balaban J connectivity index is 2.64. The fourth-order valence-electron chi connectivity index (χ4n) is 3.67. The highest BCUT2D eigenvalue weighted by Gasteiger charge is 2.33. The van der Waals surface area contributed by atoms with E-state index in [9.17, 15) is 0 Å². The molecule has 1 nitrogen and oxygen atoms in total. The summed E-state index contributed by atoms with van der Waals surface area (Å²) in [5, 5.41) is 1.17. The summed E-state index contributed by atoms with van der Waals surface area (Å²) in [6.45, 7) is 13.4. The molecule has 1 aliphatic heterocycles. The standard InChI is InChI=1S/C16H32BrN/c1-5-8-16(12-17,9-6-2)14-18-11-7-10-15(3,4)13-18/h5-14H2,1-4H3. The normalized spacial score (nSPS) is 21.2. The molecule has 108 valence electrons. The highest BCUT2D eigenvalue weighted by Crippen LogP contribution is 2.36. The Morgan fingerprint density at radius 1 is 1.17 bits per heavy atom. The second kappa shape index (κ2) is 7.28. The van der Waals surface area contributed by atoms with Gasteiger partial charge in [-0.25, -0.2) is 0 Å². The van der Waals surface area contributed by atoms with Gasteiger partial charge >= 0.3 is 0 Å². The van der Waals surface area contributed by atoms with Crippen LogP contribution in [-0.2, 0) is 0 Å². The third-order valence-corrected chi connectivity index (χ3v) is 5.57. The highest BCUT2D eigenvalue weighted by molar-refractivity contribution is 9.09. The van der Waals surface area contributed by atoms with Gasteiger partial charge in [0, 0.05) is 18.4 Å². The Morgan fingerprint density at radius 2 is 1.78 bits per heavy atom. The zero-order valence-electron chi connectivity index (χ0n) is 12.9. The lowest BCUT2D eigenvalue weighted by atomic mass is 9.78. The van der Waals surface area contributed by atoms with Crippen molar-refractivity contribution in [1.82, 2.24) is 4.90 Å². The lowest BCUT2D eigenvalue weighted by Crippen LogP contribution is -2.46.